The Morgan fingerprint density at radius 2 is 1.40 bits per heavy atom. The van der Waals surface area contributed by atoms with Gasteiger partial charge in [0.15, 0.2) is 0 Å². The van der Waals surface area contributed by atoms with Crippen LogP contribution in [0.3, 0.4) is 0 Å². The zero-order valence-electron chi connectivity index (χ0n) is 10.5. The molecule has 0 amide bonds. The quantitative estimate of drug-likeness (QED) is 0.521. The number of rotatable bonds is 5. The number of carbonyl (C=O) groups excluding carboxylic acids is 2. The summed E-state index contributed by atoms with van der Waals surface area (Å²) in [5, 5.41) is 0. The molecule has 0 aliphatic rings. The van der Waals surface area contributed by atoms with E-state index in [9.17, 15) is 9.59 Å². The Kier molecular flexibility index (Phi) is 5.55. The normalized spacial score (nSPS) is 15.2. The number of ether oxygens (including phenoxy) is 1. The summed E-state index contributed by atoms with van der Waals surface area (Å²) in [7, 11) is 0. The van der Waals surface area contributed by atoms with Gasteiger partial charge in [-0.3, -0.25) is 9.59 Å². The molecule has 0 aliphatic carbocycles. The molecule has 0 aliphatic heterocycles. The monoisotopic (exact) mass is 214 g/mol. The molecule has 0 aromatic rings. The molecule has 0 saturated heterocycles. The summed E-state index contributed by atoms with van der Waals surface area (Å²) in [4.78, 5) is 23.3. The average Bonchev–Trinajstić information content (AvgIpc) is 2.13. The van der Waals surface area contributed by atoms with E-state index in [4.69, 9.17) is 4.74 Å². The summed E-state index contributed by atoms with van der Waals surface area (Å²) < 4.78 is 5.00. The summed E-state index contributed by atoms with van der Waals surface area (Å²) in [5.41, 5.74) is 0. The summed E-state index contributed by atoms with van der Waals surface area (Å²) in [6.45, 7) is 11.0. The maximum atomic E-state index is 11.8. The van der Waals surface area contributed by atoms with Crippen LogP contribution < -0.4 is 0 Å². The lowest BCUT2D eigenvalue weighted by Crippen LogP contribution is -2.31. The van der Waals surface area contributed by atoms with Crippen LogP contribution in [0.4, 0.5) is 0 Å². The third kappa shape index (κ3) is 4.45. The second-order valence-electron chi connectivity index (χ2n) is 4.64. The van der Waals surface area contributed by atoms with Crippen molar-refractivity contribution < 1.29 is 14.3 Å². The number of ketones is 1. The molecule has 2 atom stereocenters. The van der Waals surface area contributed by atoms with Crippen molar-refractivity contribution >= 4 is 11.8 Å². The third-order valence-corrected chi connectivity index (χ3v) is 2.58. The highest BCUT2D eigenvalue weighted by atomic mass is 16.5. The van der Waals surface area contributed by atoms with Crippen LogP contribution in [-0.2, 0) is 14.3 Å². The van der Waals surface area contributed by atoms with Gasteiger partial charge in [-0.05, 0) is 26.7 Å². The molecule has 0 spiro atoms. The van der Waals surface area contributed by atoms with Crippen molar-refractivity contribution in [3.8, 4) is 0 Å². The minimum atomic E-state index is -0.648. The van der Waals surface area contributed by atoms with Gasteiger partial charge in [0.2, 0.25) is 0 Å². The second kappa shape index (κ2) is 5.89. The Morgan fingerprint density at radius 3 is 1.73 bits per heavy atom. The molecule has 0 N–H and O–H groups in total. The lowest BCUT2D eigenvalue weighted by molar-refractivity contribution is -0.155. The Morgan fingerprint density at radius 1 is 0.933 bits per heavy atom. The van der Waals surface area contributed by atoms with Crippen molar-refractivity contribution in [2.45, 2.75) is 47.6 Å². The minimum Gasteiger partial charge on any atom is -0.462 e. The van der Waals surface area contributed by atoms with Crippen molar-refractivity contribution in [1.82, 2.24) is 0 Å². The molecule has 15 heavy (non-hydrogen) atoms. The molecule has 0 rings (SSSR count). The van der Waals surface area contributed by atoms with E-state index in [0.29, 0.717) is 0 Å². The highest BCUT2D eigenvalue weighted by molar-refractivity contribution is 5.99. The predicted molar refractivity (Wildman–Crippen MR) is 59.4 cm³/mol. The minimum absolute atomic E-state index is 0.0318. The third-order valence-electron chi connectivity index (χ3n) is 2.58. The summed E-state index contributed by atoms with van der Waals surface area (Å²) >= 11 is 0. The topological polar surface area (TPSA) is 43.4 Å². The smallest absolute Gasteiger partial charge is 0.316 e. The van der Waals surface area contributed by atoms with Crippen molar-refractivity contribution in [2.75, 3.05) is 0 Å². The van der Waals surface area contributed by atoms with Gasteiger partial charge in [0.25, 0.3) is 0 Å². The van der Waals surface area contributed by atoms with Crippen LogP contribution in [0.2, 0.25) is 0 Å². The number of hydrogen-bond donors (Lipinski definition) is 0. The van der Waals surface area contributed by atoms with E-state index < -0.39 is 11.9 Å². The number of carbonyl (C=O) groups is 2. The first kappa shape index (κ1) is 14.1. The van der Waals surface area contributed by atoms with Crippen molar-refractivity contribution in [1.29, 1.82) is 0 Å². The zero-order chi connectivity index (χ0) is 12.2. The van der Waals surface area contributed by atoms with Gasteiger partial charge < -0.3 is 4.74 Å². The second-order valence-corrected chi connectivity index (χ2v) is 4.64. The highest BCUT2D eigenvalue weighted by Crippen LogP contribution is 2.17. The fourth-order valence-corrected chi connectivity index (χ4v) is 1.17. The molecule has 0 fully saturated rings. The number of Topliss-reactive ketones (excluding diaryl/α,β-unsaturated/α-hetero) is 1. The molecule has 0 aromatic heterocycles. The van der Waals surface area contributed by atoms with E-state index in [-0.39, 0.29) is 23.7 Å². The van der Waals surface area contributed by atoms with Crippen LogP contribution in [0.1, 0.15) is 41.5 Å². The Bertz CT molecular complexity index is 231. The molecule has 0 radical (unpaired) electrons. The summed E-state index contributed by atoms with van der Waals surface area (Å²) in [6.07, 6.45) is -0.165. The molecule has 88 valence electrons. The summed E-state index contributed by atoms with van der Waals surface area (Å²) in [6, 6.07) is 0. The largest absolute Gasteiger partial charge is 0.462 e. The zero-order valence-corrected chi connectivity index (χ0v) is 10.5. The van der Waals surface area contributed by atoms with E-state index in [0.717, 1.165) is 0 Å². The van der Waals surface area contributed by atoms with Crippen LogP contribution in [0.25, 0.3) is 0 Å². The van der Waals surface area contributed by atoms with Crippen molar-refractivity contribution in [3.63, 3.8) is 0 Å². The van der Waals surface area contributed by atoms with E-state index >= 15 is 0 Å². The highest BCUT2D eigenvalue weighted by Gasteiger charge is 2.29. The van der Waals surface area contributed by atoms with E-state index in [2.05, 4.69) is 0 Å². The molecule has 0 heterocycles. The molecule has 0 bridgehead atoms. The lowest BCUT2D eigenvalue weighted by Gasteiger charge is -2.19. The van der Waals surface area contributed by atoms with Crippen LogP contribution in [0.15, 0.2) is 0 Å². The Balaban J connectivity index is 4.38. The predicted octanol–water partition coefficient (Wildman–Crippen LogP) is 2.44. The van der Waals surface area contributed by atoms with Crippen molar-refractivity contribution in [3.05, 3.63) is 0 Å². The summed E-state index contributed by atoms with van der Waals surface area (Å²) in [5.74, 6) is -0.936. The molecule has 0 aromatic carbocycles. The van der Waals surface area contributed by atoms with E-state index in [1.54, 1.807) is 20.8 Å². The van der Waals surface area contributed by atoms with Gasteiger partial charge in [0, 0.05) is 5.92 Å². The molecule has 3 nitrogen and oxygen atoms in total. The van der Waals surface area contributed by atoms with Gasteiger partial charge in [0.1, 0.15) is 11.7 Å². The van der Waals surface area contributed by atoms with Gasteiger partial charge >= 0.3 is 5.97 Å². The first-order valence-electron chi connectivity index (χ1n) is 5.51. The Hall–Kier alpha value is -0.860. The van der Waals surface area contributed by atoms with Crippen molar-refractivity contribution in [2.24, 2.45) is 17.8 Å². The van der Waals surface area contributed by atoms with Gasteiger partial charge in [-0.2, -0.15) is 0 Å². The van der Waals surface area contributed by atoms with Gasteiger partial charge in [-0.1, -0.05) is 20.8 Å². The van der Waals surface area contributed by atoms with Crippen LogP contribution in [0, 0.1) is 17.8 Å². The molecule has 0 saturated carbocycles. The maximum Gasteiger partial charge on any atom is 0.316 e. The number of hydrogen-bond acceptors (Lipinski definition) is 3. The SMILES string of the molecule is CC(C)OC(=O)C(C)C(=O)[C@H](C)C(C)C. The van der Waals surface area contributed by atoms with E-state index in [1.807, 2.05) is 20.8 Å². The van der Waals surface area contributed by atoms with Crippen LogP contribution >= 0.6 is 0 Å². The van der Waals surface area contributed by atoms with Gasteiger partial charge in [0.05, 0.1) is 6.10 Å². The van der Waals surface area contributed by atoms with Gasteiger partial charge in [-0.25, -0.2) is 0 Å². The lowest BCUT2D eigenvalue weighted by atomic mass is 9.87. The maximum absolute atomic E-state index is 11.8. The molecular weight excluding hydrogens is 192 g/mol. The van der Waals surface area contributed by atoms with E-state index in [1.165, 1.54) is 0 Å². The molecule has 1 unspecified atom stereocenters. The molecule has 3 heteroatoms. The fourth-order valence-electron chi connectivity index (χ4n) is 1.17. The fraction of sp³-hybridized carbons (Fsp3) is 0.833. The number of esters is 1. The van der Waals surface area contributed by atoms with Crippen LogP contribution in [0.5, 0.6) is 0 Å². The standard InChI is InChI=1S/C12H22O3/c1-7(2)9(5)11(13)10(6)12(14)15-8(3)4/h7-10H,1-6H3/t9-,10?/m1/s1. The first-order chi connectivity index (χ1) is 6.77. The molecular formula is C12H22O3. The Labute approximate surface area is 92.2 Å². The average molecular weight is 214 g/mol. The van der Waals surface area contributed by atoms with Gasteiger partial charge in [-0.15, -0.1) is 0 Å². The van der Waals surface area contributed by atoms with Crippen LogP contribution in [-0.4, -0.2) is 17.9 Å². The first-order valence-corrected chi connectivity index (χ1v) is 5.51.